The zero-order valence-corrected chi connectivity index (χ0v) is 14.6. The molecule has 0 spiro atoms. The van der Waals surface area contributed by atoms with Gasteiger partial charge in [-0.2, -0.15) is 8.78 Å². The molecule has 0 amide bonds. The van der Waals surface area contributed by atoms with E-state index < -0.39 is 12.6 Å². The lowest BCUT2D eigenvalue weighted by atomic mass is 10.1. The van der Waals surface area contributed by atoms with Crippen molar-refractivity contribution in [3.63, 3.8) is 0 Å². The van der Waals surface area contributed by atoms with Gasteiger partial charge in [-0.1, -0.05) is 0 Å². The summed E-state index contributed by atoms with van der Waals surface area (Å²) >= 11 is 1.19. The number of nitrogens with zero attached hydrogens (tertiary/aromatic N) is 1. The topological polar surface area (TPSA) is 98.6 Å². The number of hydrogen-bond donors (Lipinski definition) is 2. The van der Waals surface area contributed by atoms with E-state index in [-0.39, 0.29) is 17.0 Å². The zero-order chi connectivity index (χ0) is 19.3. The zero-order valence-electron chi connectivity index (χ0n) is 13.8. The maximum absolute atomic E-state index is 12.8. The van der Waals surface area contributed by atoms with Gasteiger partial charge < -0.3 is 20.0 Å². The van der Waals surface area contributed by atoms with Crippen molar-refractivity contribution in [2.24, 2.45) is 0 Å². The largest absolute Gasteiger partial charge is 0.476 e. The molecule has 0 fully saturated rings. The summed E-state index contributed by atoms with van der Waals surface area (Å²) in [6.45, 7) is -1.36. The molecule has 4 aromatic rings. The molecular formula is C18H12F2N2O4S. The lowest BCUT2D eigenvalue weighted by Gasteiger charge is -2.07. The molecule has 0 aliphatic rings. The fourth-order valence-electron chi connectivity index (χ4n) is 2.95. The fraction of sp³-hybridized carbons (Fsp3) is 0.111. The van der Waals surface area contributed by atoms with Gasteiger partial charge >= 0.3 is 12.6 Å². The number of nitrogens with two attached hydrogens (primary N) is 1. The standard InChI is InChI=1S/C18H12F2N2O4S/c1-7-14(17(23)24)22-16(27-7)9-3-5-12(26-18(19)20)15-13(9)10-6-8(21)2-4-11(10)25-15/h2-6,18H,21H2,1H3,(H,23,24). The van der Waals surface area contributed by atoms with Crippen molar-refractivity contribution in [1.82, 2.24) is 4.98 Å². The Balaban J connectivity index is 2.06. The number of anilines is 1. The van der Waals surface area contributed by atoms with Crippen LogP contribution in [0.4, 0.5) is 14.5 Å². The summed E-state index contributed by atoms with van der Waals surface area (Å²) in [5.41, 5.74) is 7.40. The molecule has 3 N–H and O–H groups in total. The normalized spacial score (nSPS) is 11.6. The smallest absolute Gasteiger partial charge is 0.387 e. The summed E-state index contributed by atoms with van der Waals surface area (Å²) in [6, 6.07) is 7.84. The van der Waals surface area contributed by atoms with Crippen LogP contribution < -0.4 is 10.5 Å². The lowest BCUT2D eigenvalue weighted by molar-refractivity contribution is -0.0493. The molecule has 9 heteroatoms. The quantitative estimate of drug-likeness (QED) is 0.481. The van der Waals surface area contributed by atoms with Gasteiger partial charge in [-0.15, -0.1) is 11.3 Å². The van der Waals surface area contributed by atoms with E-state index in [1.807, 2.05) is 0 Å². The predicted molar refractivity (Wildman–Crippen MR) is 97.6 cm³/mol. The van der Waals surface area contributed by atoms with E-state index in [9.17, 15) is 18.7 Å². The number of aromatic carboxylic acids is 1. The lowest BCUT2D eigenvalue weighted by Crippen LogP contribution is -2.02. The van der Waals surface area contributed by atoms with Gasteiger partial charge in [0.25, 0.3) is 0 Å². The number of carboxylic acid groups (broad SMARTS) is 1. The number of aromatic nitrogens is 1. The number of ether oxygens (including phenoxy) is 1. The number of thiazole rings is 1. The molecular weight excluding hydrogens is 378 g/mol. The molecule has 0 aliphatic heterocycles. The highest BCUT2D eigenvalue weighted by atomic mass is 32.1. The Morgan fingerprint density at radius 3 is 2.78 bits per heavy atom. The van der Waals surface area contributed by atoms with Crippen LogP contribution in [0, 0.1) is 6.92 Å². The average Bonchev–Trinajstić information content (AvgIpc) is 3.16. The van der Waals surface area contributed by atoms with Crippen LogP contribution >= 0.6 is 11.3 Å². The van der Waals surface area contributed by atoms with Gasteiger partial charge in [-0.3, -0.25) is 0 Å². The van der Waals surface area contributed by atoms with Crippen LogP contribution in [-0.2, 0) is 0 Å². The van der Waals surface area contributed by atoms with E-state index in [2.05, 4.69) is 9.72 Å². The Hall–Kier alpha value is -3.20. The average molecular weight is 390 g/mol. The van der Waals surface area contributed by atoms with Crippen LogP contribution in [0.1, 0.15) is 15.4 Å². The van der Waals surface area contributed by atoms with Crippen molar-refractivity contribution in [2.45, 2.75) is 13.5 Å². The highest BCUT2D eigenvalue weighted by Crippen LogP contribution is 2.43. The highest BCUT2D eigenvalue weighted by molar-refractivity contribution is 7.15. The maximum Gasteiger partial charge on any atom is 0.387 e. The van der Waals surface area contributed by atoms with Crippen LogP contribution in [-0.4, -0.2) is 22.7 Å². The second-order valence-electron chi connectivity index (χ2n) is 5.78. The summed E-state index contributed by atoms with van der Waals surface area (Å²) in [4.78, 5) is 16.0. The van der Waals surface area contributed by atoms with Crippen molar-refractivity contribution in [3.05, 3.63) is 40.9 Å². The molecule has 0 aliphatic carbocycles. The van der Waals surface area contributed by atoms with Gasteiger partial charge in [0.15, 0.2) is 17.0 Å². The van der Waals surface area contributed by atoms with E-state index in [0.29, 0.717) is 37.5 Å². The van der Waals surface area contributed by atoms with E-state index in [4.69, 9.17) is 10.2 Å². The third-order valence-electron chi connectivity index (χ3n) is 4.05. The first-order chi connectivity index (χ1) is 12.8. The SMILES string of the molecule is Cc1sc(-c2ccc(OC(F)F)c3oc4ccc(N)cc4c23)nc1C(=O)O. The minimum Gasteiger partial charge on any atom is -0.476 e. The second-order valence-corrected chi connectivity index (χ2v) is 6.98. The van der Waals surface area contributed by atoms with Gasteiger partial charge in [-0.05, 0) is 37.3 Å². The number of fused-ring (bicyclic) bond motifs is 3. The Labute approximate surface area is 154 Å². The number of aryl methyl sites for hydroxylation is 1. The molecule has 4 rings (SSSR count). The van der Waals surface area contributed by atoms with E-state index in [0.717, 1.165) is 0 Å². The van der Waals surface area contributed by atoms with Crippen LogP contribution in [0.15, 0.2) is 34.7 Å². The van der Waals surface area contributed by atoms with E-state index >= 15 is 0 Å². The molecule has 138 valence electrons. The first kappa shape index (κ1) is 17.2. The molecule has 0 saturated carbocycles. The molecule has 0 atom stereocenters. The summed E-state index contributed by atoms with van der Waals surface area (Å²) in [5.74, 6) is -1.25. The molecule has 0 unspecified atom stereocenters. The van der Waals surface area contributed by atoms with E-state index in [1.54, 1.807) is 31.2 Å². The number of carboxylic acids is 1. The number of carbonyl (C=O) groups is 1. The van der Waals surface area contributed by atoms with Crippen molar-refractivity contribution in [2.75, 3.05) is 5.73 Å². The number of hydrogen-bond acceptors (Lipinski definition) is 6. The van der Waals surface area contributed by atoms with Crippen molar-refractivity contribution < 1.29 is 27.8 Å². The molecule has 27 heavy (non-hydrogen) atoms. The minimum absolute atomic E-state index is 0.0524. The van der Waals surface area contributed by atoms with Gasteiger partial charge in [0.2, 0.25) is 0 Å². The monoisotopic (exact) mass is 390 g/mol. The number of furan rings is 1. The number of alkyl halides is 2. The van der Waals surface area contributed by atoms with Gasteiger partial charge in [0.05, 0.1) is 0 Å². The van der Waals surface area contributed by atoms with E-state index in [1.165, 1.54) is 17.4 Å². The number of nitrogen functional groups attached to an aromatic ring is 1. The fourth-order valence-corrected chi connectivity index (χ4v) is 3.89. The van der Waals surface area contributed by atoms with Crippen LogP contribution in [0.5, 0.6) is 5.75 Å². The van der Waals surface area contributed by atoms with Crippen LogP contribution in [0.3, 0.4) is 0 Å². The summed E-state index contributed by atoms with van der Waals surface area (Å²) in [6.07, 6.45) is 0. The molecule has 2 heterocycles. The maximum atomic E-state index is 12.8. The third kappa shape index (κ3) is 2.85. The first-order valence-corrected chi connectivity index (χ1v) is 8.57. The summed E-state index contributed by atoms with van der Waals surface area (Å²) in [7, 11) is 0. The van der Waals surface area contributed by atoms with Gasteiger partial charge in [0, 0.05) is 26.9 Å². The number of benzene rings is 2. The summed E-state index contributed by atoms with van der Waals surface area (Å²) in [5, 5.41) is 10.8. The molecule has 2 aromatic carbocycles. The Kier molecular flexibility index (Phi) is 3.96. The second kappa shape index (κ2) is 6.20. The van der Waals surface area contributed by atoms with Crippen molar-refractivity contribution in [3.8, 4) is 16.3 Å². The Morgan fingerprint density at radius 1 is 1.33 bits per heavy atom. The molecule has 6 nitrogen and oxygen atoms in total. The molecule has 0 saturated heterocycles. The van der Waals surface area contributed by atoms with Gasteiger partial charge in [0.1, 0.15) is 10.6 Å². The molecule has 0 radical (unpaired) electrons. The van der Waals surface area contributed by atoms with Crippen molar-refractivity contribution >= 4 is 44.9 Å². The summed E-state index contributed by atoms with van der Waals surface area (Å²) < 4.78 is 35.9. The predicted octanol–water partition coefficient (Wildman–Crippen LogP) is 4.90. The number of rotatable bonds is 4. The van der Waals surface area contributed by atoms with Gasteiger partial charge in [-0.25, -0.2) is 9.78 Å². The third-order valence-corrected chi connectivity index (χ3v) is 5.06. The molecule has 0 bridgehead atoms. The minimum atomic E-state index is -3.02. The van der Waals surface area contributed by atoms with Crippen LogP contribution in [0.2, 0.25) is 0 Å². The molecule has 2 aromatic heterocycles. The van der Waals surface area contributed by atoms with Crippen LogP contribution in [0.25, 0.3) is 32.5 Å². The Morgan fingerprint density at radius 2 is 2.11 bits per heavy atom. The first-order valence-electron chi connectivity index (χ1n) is 7.76. The van der Waals surface area contributed by atoms with Crippen molar-refractivity contribution in [1.29, 1.82) is 0 Å². The number of halogens is 2. The highest BCUT2D eigenvalue weighted by Gasteiger charge is 2.22. The Bertz CT molecular complexity index is 1200.